The molecule has 2 aromatic rings. The van der Waals surface area contributed by atoms with Crippen molar-refractivity contribution < 1.29 is 39.0 Å². The molecule has 108 valence electrons. The third kappa shape index (κ3) is 3.57. The van der Waals surface area contributed by atoms with Crippen LogP contribution in [0.15, 0.2) is 70.5 Å². The standard InChI is InChI=1S/C13H11O4S2.BrH.Hg/c14-18(15,12-7-3-1-4-8-12)11-19(16,17)13-9-5-2-6-10-13;;/h1-11H;1H;/q;;+1/p-1. The topological polar surface area (TPSA) is 68.3 Å². The summed E-state index contributed by atoms with van der Waals surface area (Å²) in [6.45, 7) is 0. The molecule has 0 amide bonds. The van der Waals surface area contributed by atoms with Gasteiger partial charge in [0.2, 0.25) is 0 Å². The molecule has 0 radical (unpaired) electrons. The molecule has 0 saturated carbocycles. The normalized spacial score (nSPS) is 12.1. The zero-order chi connectivity index (χ0) is 15.5. The summed E-state index contributed by atoms with van der Waals surface area (Å²) in [5, 5.41) is 0. The van der Waals surface area contributed by atoms with Crippen LogP contribution in [0.3, 0.4) is 0 Å². The Morgan fingerprint density at radius 3 is 1.33 bits per heavy atom. The third-order valence-corrected chi connectivity index (χ3v) is 35.1. The van der Waals surface area contributed by atoms with E-state index in [0.717, 1.165) is 0 Å². The Morgan fingerprint density at radius 1 is 0.714 bits per heavy atom. The van der Waals surface area contributed by atoms with Gasteiger partial charge in [-0.25, -0.2) is 0 Å². The number of hydrogen-bond acceptors (Lipinski definition) is 4. The Balaban J connectivity index is 2.55. The second-order valence-electron chi connectivity index (χ2n) is 4.30. The Bertz CT molecular complexity index is 736. The number of halogens is 1. The molecule has 0 aliphatic rings. The van der Waals surface area contributed by atoms with Crippen LogP contribution in [-0.2, 0) is 41.8 Å². The summed E-state index contributed by atoms with van der Waals surface area (Å²) in [7, 11) is -7.79. The van der Waals surface area contributed by atoms with Crippen molar-refractivity contribution in [3.05, 3.63) is 60.7 Å². The van der Waals surface area contributed by atoms with Crippen LogP contribution in [0.2, 0.25) is 0 Å². The van der Waals surface area contributed by atoms with Crippen LogP contribution in [0.1, 0.15) is 0 Å². The molecule has 0 saturated heterocycles. The molecule has 0 unspecified atom stereocenters. The number of benzene rings is 2. The van der Waals surface area contributed by atoms with E-state index in [2.05, 4.69) is 11.9 Å². The van der Waals surface area contributed by atoms with Crippen LogP contribution < -0.4 is 0 Å². The monoisotopic (exact) mass is 576 g/mol. The van der Waals surface area contributed by atoms with Gasteiger partial charge in [-0.1, -0.05) is 0 Å². The summed E-state index contributed by atoms with van der Waals surface area (Å²) in [6.07, 6.45) is 0. The summed E-state index contributed by atoms with van der Waals surface area (Å²) in [4.78, 5) is 0.0999. The minimum absolute atomic E-state index is 0.0500. The third-order valence-electron chi connectivity index (χ3n) is 2.96. The molecule has 2 rings (SSSR count). The fourth-order valence-corrected chi connectivity index (χ4v) is 32.5. The Morgan fingerprint density at radius 2 is 1.05 bits per heavy atom. The Hall–Kier alpha value is -0.245. The summed E-state index contributed by atoms with van der Waals surface area (Å²) in [5.41, 5.74) is 0. The van der Waals surface area contributed by atoms with E-state index in [1.54, 1.807) is 36.4 Å². The molecule has 0 aromatic heterocycles. The predicted molar refractivity (Wildman–Crippen MR) is 80.0 cm³/mol. The summed E-state index contributed by atoms with van der Waals surface area (Å²) >= 11 is 0.911. The summed E-state index contributed by atoms with van der Waals surface area (Å²) in [6, 6.07) is 15.5. The van der Waals surface area contributed by atoms with Crippen LogP contribution in [-0.4, -0.2) is 18.9 Å². The molecule has 0 heterocycles. The van der Waals surface area contributed by atoms with Crippen LogP contribution >= 0.6 is 11.9 Å². The average molecular weight is 576 g/mol. The molecule has 4 nitrogen and oxygen atoms in total. The van der Waals surface area contributed by atoms with Crippen LogP contribution in [0.4, 0.5) is 0 Å². The molecule has 2 aromatic carbocycles. The van der Waals surface area contributed by atoms with Crippen LogP contribution in [0.25, 0.3) is 0 Å². The van der Waals surface area contributed by atoms with Crippen molar-refractivity contribution in [2.24, 2.45) is 0 Å². The number of hydrogen-bond donors (Lipinski definition) is 0. The molecule has 0 N–H and O–H groups in total. The second kappa shape index (κ2) is 6.89. The van der Waals surface area contributed by atoms with Crippen molar-refractivity contribution in [3.8, 4) is 0 Å². The van der Waals surface area contributed by atoms with E-state index in [1.165, 1.54) is 24.3 Å². The van der Waals surface area contributed by atoms with Gasteiger partial charge in [0.05, 0.1) is 0 Å². The number of sulfone groups is 2. The minimum atomic E-state index is -3.89. The van der Waals surface area contributed by atoms with E-state index in [-0.39, 0.29) is 9.79 Å². The van der Waals surface area contributed by atoms with E-state index >= 15 is 0 Å². The van der Waals surface area contributed by atoms with Crippen LogP contribution in [0, 0.1) is 0 Å². The van der Waals surface area contributed by atoms with Gasteiger partial charge in [-0.3, -0.25) is 0 Å². The zero-order valence-corrected chi connectivity index (χ0v) is 19.6. The Kier molecular flexibility index (Phi) is 5.62. The molecular formula is C13H11BrHgO4S2. The molecule has 0 bridgehead atoms. The molecule has 0 atom stereocenters. The van der Waals surface area contributed by atoms with Crippen molar-refractivity contribution in [2.75, 3.05) is 0 Å². The van der Waals surface area contributed by atoms with Crippen molar-refractivity contribution in [3.63, 3.8) is 0 Å². The van der Waals surface area contributed by atoms with Gasteiger partial charge in [-0.05, 0) is 0 Å². The summed E-state index contributed by atoms with van der Waals surface area (Å²) < 4.78 is 49.2. The quantitative estimate of drug-likeness (QED) is 0.514. The molecule has 8 heteroatoms. The average Bonchev–Trinajstić information content (AvgIpc) is 2.49. The molecule has 0 aliphatic heterocycles. The van der Waals surface area contributed by atoms with Gasteiger partial charge in [0.1, 0.15) is 0 Å². The van der Waals surface area contributed by atoms with Crippen molar-refractivity contribution >= 4 is 31.6 Å². The maximum absolute atomic E-state index is 12.6. The van der Waals surface area contributed by atoms with Crippen LogP contribution in [0.5, 0.6) is 0 Å². The SMILES string of the molecule is O=S(=O)(c1ccccc1)[CH]([Hg][Br])S(=O)(=O)c1ccccc1. The molecule has 0 fully saturated rings. The molecule has 21 heavy (non-hydrogen) atoms. The fourth-order valence-electron chi connectivity index (χ4n) is 1.86. The summed E-state index contributed by atoms with van der Waals surface area (Å²) in [5.74, 6) is 0. The Labute approximate surface area is 142 Å². The molecule has 0 aliphatic carbocycles. The van der Waals surface area contributed by atoms with Gasteiger partial charge in [0.25, 0.3) is 0 Å². The van der Waals surface area contributed by atoms with Gasteiger partial charge in [0.15, 0.2) is 0 Å². The van der Waals surface area contributed by atoms with Crippen molar-refractivity contribution in [1.29, 1.82) is 0 Å². The first-order valence-corrected chi connectivity index (χ1v) is 24.2. The van der Waals surface area contributed by atoms with Gasteiger partial charge in [-0.15, -0.1) is 0 Å². The van der Waals surface area contributed by atoms with E-state index in [4.69, 9.17) is 0 Å². The first-order valence-electron chi connectivity index (χ1n) is 6.04. The van der Waals surface area contributed by atoms with E-state index < -0.39 is 43.9 Å². The van der Waals surface area contributed by atoms with E-state index in [1.807, 2.05) is 0 Å². The van der Waals surface area contributed by atoms with Gasteiger partial charge >= 0.3 is 143 Å². The van der Waals surface area contributed by atoms with Crippen molar-refractivity contribution in [2.45, 2.75) is 11.9 Å². The van der Waals surface area contributed by atoms with E-state index in [9.17, 15) is 16.8 Å². The van der Waals surface area contributed by atoms with E-state index in [0.29, 0.717) is 0 Å². The van der Waals surface area contributed by atoms with Gasteiger partial charge in [-0.2, -0.15) is 0 Å². The number of rotatable bonds is 5. The first kappa shape index (κ1) is 17.1. The predicted octanol–water partition coefficient (Wildman–Crippen LogP) is 2.61. The molecule has 0 spiro atoms. The second-order valence-corrected chi connectivity index (χ2v) is 23.5. The first-order chi connectivity index (χ1) is 9.90. The van der Waals surface area contributed by atoms with Gasteiger partial charge in [0, 0.05) is 0 Å². The molecular weight excluding hydrogens is 565 g/mol. The fraction of sp³-hybridized carbons (Fsp3) is 0.0769. The van der Waals surface area contributed by atoms with Crippen molar-refractivity contribution in [1.82, 2.24) is 0 Å². The maximum atomic E-state index is 12.6. The van der Waals surface area contributed by atoms with Gasteiger partial charge < -0.3 is 0 Å². The zero-order valence-electron chi connectivity index (χ0n) is 10.9.